The van der Waals surface area contributed by atoms with E-state index in [0.717, 1.165) is 11.1 Å². The summed E-state index contributed by atoms with van der Waals surface area (Å²) >= 11 is 5.66. The van der Waals surface area contributed by atoms with Crippen molar-refractivity contribution in [2.75, 3.05) is 6.61 Å². The molecule has 0 amide bonds. The molecule has 1 aromatic rings. The quantitative estimate of drug-likeness (QED) is 0.447. The summed E-state index contributed by atoms with van der Waals surface area (Å²) in [7, 11) is 0. The van der Waals surface area contributed by atoms with Crippen LogP contribution in [-0.2, 0) is 15.4 Å². The molecule has 0 saturated heterocycles. The van der Waals surface area contributed by atoms with Crippen LogP contribution in [0.25, 0.3) is 6.08 Å². The molecule has 0 fully saturated rings. The average molecular weight is 225 g/mol. The van der Waals surface area contributed by atoms with E-state index in [4.69, 9.17) is 16.3 Å². The predicted octanol–water partition coefficient (Wildman–Crippen LogP) is 3.00. The molecule has 80 valence electrons. The number of esters is 1. The van der Waals surface area contributed by atoms with Crippen molar-refractivity contribution in [1.82, 2.24) is 0 Å². The van der Waals surface area contributed by atoms with Gasteiger partial charge in [0.1, 0.15) is 0 Å². The first kappa shape index (κ1) is 11.8. The highest BCUT2D eigenvalue weighted by molar-refractivity contribution is 6.17. The number of alkyl halides is 1. The molecule has 0 aliphatic heterocycles. The topological polar surface area (TPSA) is 26.3 Å². The molecule has 0 atom stereocenters. The highest BCUT2D eigenvalue weighted by atomic mass is 35.5. The van der Waals surface area contributed by atoms with E-state index in [0.29, 0.717) is 12.5 Å². The fourth-order valence-electron chi connectivity index (χ4n) is 1.07. The van der Waals surface area contributed by atoms with E-state index in [1.54, 1.807) is 13.0 Å². The number of hydrogen-bond acceptors (Lipinski definition) is 2. The number of hydrogen-bond donors (Lipinski definition) is 0. The standard InChI is InChI=1S/C12H13ClO2/c1-2-15-12(14)8-7-10-3-5-11(9-13)6-4-10/h3-8H,2,9H2,1H3. The third-order valence-electron chi connectivity index (χ3n) is 1.83. The number of ether oxygens (including phenoxy) is 1. The lowest BCUT2D eigenvalue weighted by Gasteiger charge is -1.97. The average Bonchev–Trinajstić information content (AvgIpc) is 2.27. The van der Waals surface area contributed by atoms with Gasteiger partial charge in [0, 0.05) is 12.0 Å². The van der Waals surface area contributed by atoms with Gasteiger partial charge in [-0.2, -0.15) is 0 Å². The molecule has 0 bridgehead atoms. The lowest BCUT2D eigenvalue weighted by Crippen LogP contribution is -1.98. The SMILES string of the molecule is CCOC(=O)C=Cc1ccc(CCl)cc1. The van der Waals surface area contributed by atoms with Crippen molar-refractivity contribution in [2.45, 2.75) is 12.8 Å². The van der Waals surface area contributed by atoms with Gasteiger partial charge < -0.3 is 4.74 Å². The van der Waals surface area contributed by atoms with Gasteiger partial charge in [0.2, 0.25) is 0 Å². The first-order valence-corrected chi connectivity index (χ1v) is 5.29. The van der Waals surface area contributed by atoms with Crippen LogP contribution < -0.4 is 0 Å². The Morgan fingerprint density at radius 2 is 2.07 bits per heavy atom. The fraction of sp³-hybridized carbons (Fsp3) is 0.250. The summed E-state index contributed by atoms with van der Waals surface area (Å²) in [4.78, 5) is 11.0. The zero-order chi connectivity index (χ0) is 11.1. The van der Waals surface area contributed by atoms with Crippen molar-refractivity contribution >= 4 is 23.6 Å². The summed E-state index contributed by atoms with van der Waals surface area (Å²) in [5, 5.41) is 0. The molecule has 0 saturated carbocycles. The summed E-state index contributed by atoms with van der Waals surface area (Å²) in [5.41, 5.74) is 2.02. The van der Waals surface area contributed by atoms with Crippen molar-refractivity contribution in [3.05, 3.63) is 41.5 Å². The van der Waals surface area contributed by atoms with Gasteiger partial charge >= 0.3 is 5.97 Å². The van der Waals surface area contributed by atoms with Crippen LogP contribution in [0.4, 0.5) is 0 Å². The van der Waals surface area contributed by atoms with Crippen LogP contribution in [0.3, 0.4) is 0 Å². The highest BCUT2D eigenvalue weighted by Crippen LogP contribution is 2.08. The van der Waals surface area contributed by atoms with Gasteiger partial charge in [-0.05, 0) is 24.1 Å². The van der Waals surface area contributed by atoms with Crippen LogP contribution in [-0.4, -0.2) is 12.6 Å². The predicted molar refractivity (Wildman–Crippen MR) is 61.7 cm³/mol. The number of halogens is 1. The maximum atomic E-state index is 11.0. The molecule has 0 aliphatic carbocycles. The van der Waals surface area contributed by atoms with E-state index >= 15 is 0 Å². The molecule has 15 heavy (non-hydrogen) atoms. The third kappa shape index (κ3) is 4.17. The minimum absolute atomic E-state index is 0.320. The molecule has 1 aromatic carbocycles. The molecule has 2 nitrogen and oxygen atoms in total. The highest BCUT2D eigenvalue weighted by Gasteiger charge is 1.94. The second-order valence-electron chi connectivity index (χ2n) is 2.96. The molecule has 0 aromatic heterocycles. The lowest BCUT2D eigenvalue weighted by molar-refractivity contribution is -0.137. The van der Waals surface area contributed by atoms with E-state index in [-0.39, 0.29) is 5.97 Å². The number of carbonyl (C=O) groups excluding carboxylic acids is 1. The van der Waals surface area contributed by atoms with Gasteiger partial charge in [0.15, 0.2) is 0 Å². The van der Waals surface area contributed by atoms with Crippen LogP contribution >= 0.6 is 11.6 Å². The van der Waals surface area contributed by atoms with Crippen molar-refractivity contribution in [2.24, 2.45) is 0 Å². The Kier molecular flexibility index (Phi) is 4.91. The Morgan fingerprint density at radius 3 is 2.60 bits per heavy atom. The first-order chi connectivity index (χ1) is 7.26. The molecular formula is C12H13ClO2. The van der Waals surface area contributed by atoms with Crippen molar-refractivity contribution in [3.63, 3.8) is 0 Å². The fourth-order valence-corrected chi connectivity index (χ4v) is 1.25. The molecule has 0 unspecified atom stereocenters. The monoisotopic (exact) mass is 224 g/mol. The maximum absolute atomic E-state index is 11.0. The van der Waals surface area contributed by atoms with Gasteiger partial charge in [0.25, 0.3) is 0 Å². The zero-order valence-corrected chi connectivity index (χ0v) is 9.33. The van der Waals surface area contributed by atoms with Crippen molar-refractivity contribution < 1.29 is 9.53 Å². The molecule has 3 heteroatoms. The Labute approximate surface area is 94.5 Å². The smallest absolute Gasteiger partial charge is 0.330 e. The van der Waals surface area contributed by atoms with Crippen molar-refractivity contribution in [1.29, 1.82) is 0 Å². The molecule has 1 rings (SSSR count). The largest absolute Gasteiger partial charge is 0.463 e. The van der Waals surface area contributed by atoms with E-state index in [1.807, 2.05) is 24.3 Å². The van der Waals surface area contributed by atoms with E-state index in [9.17, 15) is 4.79 Å². The maximum Gasteiger partial charge on any atom is 0.330 e. The first-order valence-electron chi connectivity index (χ1n) is 4.76. The van der Waals surface area contributed by atoms with Crippen molar-refractivity contribution in [3.8, 4) is 0 Å². The molecular weight excluding hydrogens is 212 g/mol. The zero-order valence-electron chi connectivity index (χ0n) is 8.57. The normalized spacial score (nSPS) is 10.5. The van der Waals surface area contributed by atoms with Crippen LogP contribution in [0, 0.1) is 0 Å². The van der Waals surface area contributed by atoms with Gasteiger partial charge in [-0.25, -0.2) is 4.79 Å². The minimum Gasteiger partial charge on any atom is -0.463 e. The lowest BCUT2D eigenvalue weighted by atomic mass is 10.1. The van der Waals surface area contributed by atoms with E-state index < -0.39 is 0 Å². The van der Waals surface area contributed by atoms with E-state index in [1.165, 1.54) is 6.08 Å². The molecule has 0 aliphatic rings. The summed E-state index contributed by atoms with van der Waals surface area (Å²) in [6.07, 6.45) is 3.13. The second-order valence-corrected chi connectivity index (χ2v) is 3.23. The van der Waals surface area contributed by atoms with Gasteiger partial charge in [-0.1, -0.05) is 24.3 Å². The number of benzene rings is 1. The summed E-state index contributed by atoms with van der Waals surface area (Å²) in [6.45, 7) is 2.18. The Hall–Kier alpha value is -1.28. The number of rotatable bonds is 4. The Bertz CT molecular complexity index is 341. The molecule has 0 N–H and O–H groups in total. The second kappa shape index (κ2) is 6.25. The Balaban J connectivity index is 2.60. The molecule has 0 radical (unpaired) electrons. The van der Waals surface area contributed by atoms with Crippen LogP contribution in [0.1, 0.15) is 18.1 Å². The minimum atomic E-state index is -0.320. The molecule has 0 spiro atoms. The number of carbonyl (C=O) groups is 1. The van der Waals surface area contributed by atoms with Gasteiger partial charge in [-0.15, -0.1) is 11.6 Å². The Morgan fingerprint density at radius 1 is 1.40 bits per heavy atom. The van der Waals surface area contributed by atoms with Crippen LogP contribution in [0.2, 0.25) is 0 Å². The van der Waals surface area contributed by atoms with Gasteiger partial charge in [0.05, 0.1) is 6.61 Å². The summed E-state index contributed by atoms with van der Waals surface area (Å²) < 4.78 is 4.76. The summed E-state index contributed by atoms with van der Waals surface area (Å²) in [6, 6.07) is 7.68. The van der Waals surface area contributed by atoms with Crippen LogP contribution in [0.5, 0.6) is 0 Å². The van der Waals surface area contributed by atoms with E-state index in [2.05, 4.69) is 0 Å². The molecule has 0 heterocycles. The van der Waals surface area contributed by atoms with Crippen LogP contribution in [0.15, 0.2) is 30.3 Å². The third-order valence-corrected chi connectivity index (χ3v) is 2.14. The van der Waals surface area contributed by atoms with Gasteiger partial charge in [-0.3, -0.25) is 0 Å². The summed E-state index contributed by atoms with van der Waals surface area (Å²) in [5.74, 6) is 0.181.